The normalized spacial score (nSPS) is 11.0. The number of hydrogen-bond acceptors (Lipinski definition) is 3. The molecule has 1 aromatic rings. The summed E-state index contributed by atoms with van der Waals surface area (Å²) < 4.78 is 5.85. The Balaban J connectivity index is 2.97. The number of esters is 1. The van der Waals surface area contributed by atoms with E-state index in [1.54, 1.807) is 32.9 Å². The molecule has 0 aliphatic heterocycles. The maximum atomic E-state index is 11.7. The van der Waals surface area contributed by atoms with Gasteiger partial charge in [0.2, 0.25) is 0 Å². The third-order valence-corrected chi connectivity index (χ3v) is 2.48. The Morgan fingerprint density at radius 1 is 1.38 bits per heavy atom. The number of ether oxygens (including phenoxy) is 1. The van der Waals surface area contributed by atoms with Gasteiger partial charge in [0.1, 0.15) is 5.60 Å². The van der Waals surface area contributed by atoms with Crippen LogP contribution >= 0.6 is 15.9 Å². The Labute approximate surface area is 103 Å². The fourth-order valence-corrected chi connectivity index (χ4v) is 1.44. The van der Waals surface area contributed by atoms with E-state index in [2.05, 4.69) is 15.9 Å². The predicted molar refractivity (Wildman–Crippen MR) is 64.7 cm³/mol. The van der Waals surface area contributed by atoms with E-state index >= 15 is 0 Å². The van der Waals surface area contributed by atoms with Crippen LogP contribution in [0.1, 0.15) is 41.5 Å². The van der Waals surface area contributed by atoms with Crippen molar-refractivity contribution in [3.8, 4) is 0 Å². The molecule has 86 valence electrons. The summed E-state index contributed by atoms with van der Waals surface area (Å²) in [6.45, 7) is 5.39. The third-order valence-electron chi connectivity index (χ3n) is 1.76. The van der Waals surface area contributed by atoms with Crippen molar-refractivity contribution < 1.29 is 14.3 Å². The highest BCUT2D eigenvalue weighted by Gasteiger charge is 2.18. The smallest absolute Gasteiger partial charge is 0.338 e. The van der Waals surface area contributed by atoms with Gasteiger partial charge in [-0.2, -0.15) is 0 Å². The van der Waals surface area contributed by atoms with Crippen LogP contribution in [0.4, 0.5) is 0 Å². The van der Waals surface area contributed by atoms with Crippen molar-refractivity contribution in [2.45, 2.75) is 26.4 Å². The van der Waals surface area contributed by atoms with Crippen LogP contribution in [-0.4, -0.2) is 17.9 Å². The molecule has 16 heavy (non-hydrogen) atoms. The highest BCUT2D eigenvalue weighted by molar-refractivity contribution is 9.10. The number of rotatable bonds is 2. The van der Waals surface area contributed by atoms with Crippen molar-refractivity contribution in [2.24, 2.45) is 0 Å². The maximum absolute atomic E-state index is 11.7. The minimum absolute atomic E-state index is 0.375. The van der Waals surface area contributed by atoms with Gasteiger partial charge in [0.05, 0.1) is 5.56 Å². The summed E-state index contributed by atoms with van der Waals surface area (Å²) in [6.07, 6.45) is 0.692. The van der Waals surface area contributed by atoms with Crippen LogP contribution in [0.25, 0.3) is 0 Å². The highest BCUT2D eigenvalue weighted by atomic mass is 79.9. The Morgan fingerprint density at radius 2 is 2.00 bits per heavy atom. The molecule has 0 N–H and O–H groups in total. The average molecular weight is 285 g/mol. The topological polar surface area (TPSA) is 43.4 Å². The Bertz CT molecular complexity index is 419. The lowest BCUT2D eigenvalue weighted by atomic mass is 10.1. The number of aldehydes is 1. The van der Waals surface area contributed by atoms with Crippen LogP contribution < -0.4 is 0 Å². The molecule has 3 nitrogen and oxygen atoms in total. The monoisotopic (exact) mass is 284 g/mol. The summed E-state index contributed by atoms with van der Waals surface area (Å²) in [6, 6.07) is 4.78. The van der Waals surface area contributed by atoms with Gasteiger partial charge in [-0.3, -0.25) is 4.79 Å². The number of halogens is 1. The summed E-state index contributed by atoms with van der Waals surface area (Å²) in [7, 11) is 0. The number of carbonyl (C=O) groups excluding carboxylic acids is 2. The second-order valence-electron chi connectivity index (χ2n) is 4.36. The molecule has 0 aliphatic rings. The summed E-state index contributed by atoms with van der Waals surface area (Å²) in [5.74, 6) is -0.428. The van der Waals surface area contributed by atoms with Crippen LogP contribution in [0.15, 0.2) is 22.7 Å². The SMILES string of the molecule is CC(C)(C)OC(=O)c1ccc(Br)c(C=O)c1. The van der Waals surface area contributed by atoms with Crippen molar-refractivity contribution >= 4 is 28.2 Å². The molecular weight excluding hydrogens is 272 g/mol. The van der Waals surface area contributed by atoms with E-state index < -0.39 is 11.6 Å². The van der Waals surface area contributed by atoms with E-state index in [4.69, 9.17) is 4.74 Å². The molecule has 0 radical (unpaired) electrons. The zero-order chi connectivity index (χ0) is 12.3. The van der Waals surface area contributed by atoms with Crippen LogP contribution in [0.3, 0.4) is 0 Å². The summed E-state index contributed by atoms with van der Waals surface area (Å²) in [5, 5.41) is 0. The zero-order valence-corrected chi connectivity index (χ0v) is 11.0. The van der Waals surface area contributed by atoms with E-state index in [1.165, 1.54) is 6.07 Å². The lowest BCUT2D eigenvalue weighted by Gasteiger charge is -2.19. The van der Waals surface area contributed by atoms with Crippen molar-refractivity contribution in [3.05, 3.63) is 33.8 Å². The Hall–Kier alpha value is -1.16. The van der Waals surface area contributed by atoms with Gasteiger partial charge < -0.3 is 4.74 Å². The number of carbonyl (C=O) groups is 2. The molecule has 0 spiro atoms. The number of hydrogen-bond donors (Lipinski definition) is 0. The van der Waals surface area contributed by atoms with Crippen LogP contribution in [0, 0.1) is 0 Å². The first-order valence-electron chi connectivity index (χ1n) is 4.81. The average Bonchev–Trinajstić information content (AvgIpc) is 2.15. The molecule has 0 fully saturated rings. The largest absolute Gasteiger partial charge is 0.456 e. The van der Waals surface area contributed by atoms with Gasteiger partial charge in [-0.1, -0.05) is 15.9 Å². The molecule has 4 heteroatoms. The minimum atomic E-state index is -0.536. The van der Waals surface area contributed by atoms with Gasteiger partial charge in [-0.15, -0.1) is 0 Å². The van der Waals surface area contributed by atoms with Gasteiger partial charge in [0.25, 0.3) is 0 Å². The van der Waals surface area contributed by atoms with E-state index in [-0.39, 0.29) is 0 Å². The number of benzene rings is 1. The molecular formula is C12H13BrO3. The van der Waals surface area contributed by atoms with Gasteiger partial charge in [-0.25, -0.2) is 4.79 Å². The maximum Gasteiger partial charge on any atom is 0.338 e. The molecule has 0 bridgehead atoms. The van der Waals surface area contributed by atoms with Gasteiger partial charge >= 0.3 is 5.97 Å². The predicted octanol–water partition coefficient (Wildman–Crippen LogP) is 3.22. The fraction of sp³-hybridized carbons (Fsp3) is 0.333. The van der Waals surface area contributed by atoms with Gasteiger partial charge in [0.15, 0.2) is 6.29 Å². The lowest BCUT2D eigenvalue weighted by molar-refractivity contribution is 0.00695. The van der Waals surface area contributed by atoms with Gasteiger partial charge in [-0.05, 0) is 39.0 Å². The fourth-order valence-electron chi connectivity index (χ4n) is 1.10. The van der Waals surface area contributed by atoms with Crippen molar-refractivity contribution in [1.29, 1.82) is 0 Å². The first kappa shape index (κ1) is 12.9. The molecule has 0 saturated carbocycles. The highest BCUT2D eigenvalue weighted by Crippen LogP contribution is 2.18. The summed E-state index contributed by atoms with van der Waals surface area (Å²) in [5.41, 5.74) is 0.273. The van der Waals surface area contributed by atoms with E-state index in [9.17, 15) is 9.59 Å². The van der Waals surface area contributed by atoms with Crippen molar-refractivity contribution in [3.63, 3.8) is 0 Å². The summed E-state index contributed by atoms with van der Waals surface area (Å²) in [4.78, 5) is 22.4. The third kappa shape index (κ3) is 3.45. The van der Waals surface area contributed by atoms with Crippen LogP contribution in [-0.2, 0) is 4.74 Å². The molecule has 0 atom stereocenters. The lowest BCUT2D eigenvalue weighted by Crippen LogP contribution is -2.23. The van der Waals surface area contributed by atoms with E-state index in [0.717, 1.165) is 0 Å². The quantitative estimate of drug-likeness (QED) is 0.619. The molecule has 0 unspecified atom stereocenters. The van der Waals surface area contributed by atoms with Crippen molar-refractivity contribution in [2.75, 3.05) is 0 Å². The van der Waals surface area contributed by atoms with Gasteiger partial charge in [0, 0.05) is 10.0 Å². The Kier molecular flexibility index (Phi) is 3.86. The molecule has 1 aromatic carbocycles. The Morgan fingerprint density at radius 3 is 2.50 bits per heavy atom. The zero-order valence-electron chi connectivity index (χ0n) is 9.41. The van der Waals surface area contributed by atoms with Crippen LogP contribution in [0.5, 0.6) is 0 Å². The molecule has 0 amide bonds. The molecule has 0 aromatic heterocycles. The molecule has 0 aliphatic carbocycles. The summed E-state index contributed by atoms with van der Waals surface area (Å²) >= 11 is 3.22. The van der Waals surface area contributed by atoms with Crippen LogP contribution in [0.2, 0.25) is 0 Å². The second kappa shape index (κ2) is 4.78. The van der Waals surface area contributed by atoms with Crippen molar-refractivity contribution in [1.82, 2.24) is 0 Å². The molecule has 0 heterocycles. The standard InChI is InChI=1S/C12H13BrO3/c1-12(2,3)16-11(15)8-4-5-10(13)9(6-8)7-14/h4-7H,1-3H3. The van der Waals surface area contributed by atoms with E-state index in [1.807, 2.05) is 0 Å². The molecule has 1 rings (SSSR count). The molecule has 0 saturated heterocycles. The van der Waals surface area contributed by atoms with E-state index in [0.29, 0.717) is 21.9 Å². The second-order valence-corrected chi connectivity index (χ2v) is 5.21. The first-order valence-corrected chi connectivity index (χ1v) is 5.61. The minimum Gasteiger partial charge on any atom is -0.456 e. The first-order chi connectivity index (χ1) is 7.33.